The van der Waals surface area contributed by atoms with E-state index in [0.29, 0.717) is 0 Å². The predicted octanol–water partition coefficient (Wildman–Crippen LogP) is 6.55. The third-order valence-corrected chi connectivity index (χ3v) is 3.76. The van der Waals surface area contributed by atoms with Crippen LogP contribution in [0.25, 0.3) is 0 Å². The summed E-state index contributed by atoms with van der Waals surface area (Å²) in [4.78, 5) is 0. The van der Waals surface area contributed by atoms with Crippen LogP contribution in [0.5, 0.6) is 0 Å². The van der Waals surface area contributed by atoms with Crippen LogP contribution in [0.15, 0.2) is 0 Å². The summed E-state index contributed by atoms with van der Waals surface area (Å²) in [6.07, 6.45) is 18.3. The summed E-state index contributed by atoms with van der Waals surface area (Å²) in [5.74, 6) is 1.02. The van der Waals surface area contributed by atoms with Crippen molar-refractivity contribution in [2.24, 2.45) is 5.92 Å². The van der Waals surface area contributed by atoms with Gasteiger partial charge in [-0.25, -0.2) is 0 Å². The molecule has 0 nitrogen and oxygen atoms in total. The fourth-order valence-corrected chi connectivity index (χ4v) is 2.74. The van der Waals surface area contributed by atoms with Crippen molar-refractivity contribution in [2.75, 3.05) is 0 Å². The van der Waals surface area contributed by atoms with Crippen molar-refractivity contribution in [1.82, 2.24) is 0 Å². The molecule has 0 fully saturated rings. The number of hydrogen-bond donors (Lipinski definition) is 0. The molecule has 0 unspecified atom stereocenters. The Kier molecular flexibility index (Phi) is 14.1. The Morgan fingerprint density at radius 1 is 0.647 bits per heavy atom. The van der Waals surface area contributed by atoms with Gasteiger partial charge < -0.3 is 0 Å². The second-order valence-electron chi connectivity index (χ2n) is 5.56. The maximum absolute atomic E-state index is 3.89. The molecule has 0 amide bonds. The van der Waals surface area contributed by atoms with Crippen LogP contribution in [-0.2, 0) is 0 Å². The van der Waals surface area contributed by atoms with Crippen LogP contribution in [0.3, 0.4) is 0 Å². The topological polar surface area (TPSA) is 0 Å². The molecule has 17 heavy (non-hydrogen) atoms. The van der Waals surface area contributed by atoms with E-state index < -0.39 is 0 Å². The Hall–Kier alpha value is 0. The number of unbranched alkanes of at least 4 members (excludes halogenated alkanes) is 7. The molecular weight excluding hydrogens is 204 g/mol. The standard InChI is InChI=1S/C17H35/c1-4-7-8-9-10-11-12-13-16-17(14-5-2)15-6-3/h17H,1,4-16H2,2-3H3. The van der Waals surface area contributed by atoms with Crippen molar-refractivity contribution in [3.05, 3.63) is 6.92 Å². The van der Waals surface area contributed by atoms with Crippen LogP contribution in [0.4, 0.5) is 0 Å². The first kappa shape index (κ1) is 17.0. The second kappa shape index (κ2) is 14.1. The molecule has 0 heterocycles. The van der Waals surface area contributed by atoms with Crippen LogP contribution in [0.1, 0.15) is 97.3 Å². The van der Waals surface area contributed by atoms with Gasteiger partial charge in [-0.05, 0) is 5.92 Å². The molecule has 0 aromatic rings. The lowest BCUT2D eigenvalue weighted by Gasteiger charge is -2.14. The fourth-order valence-electron chi connectivity index (χ4n) is 2.74. The number of hydrogen-bond acceptors (Lipinski definition) is 0. The van der Waals surface area contributed by atoms with E-state index in [4.69, 9.17) is 0 Å². The summed E-state index contributed by atoms with van der Waals surface area (Å²) in [6, 6.07) is 0. The van der Waals surface area contributed by atoms with Crippen LogP contribution in [0.2, 0.25) is 0 Å². The van der Waals surface area contributed by atoms with E-state index in [1.807, 2.05) is 0 Å². The molecular formula is C17H35. The van der Waals surface area contributed by atoms with Crippen molar-refractivity contribution in [1.29, 1.82) is 0 Å². The molecule has 0 aromatic carbocycles. The Bertz CT molecular complexity index is 122. The van der Waals surface area contributed by atoms with Gasteiger partial charge in [-0.15, -0.1) is 0 Å². The summed E-state index contributed by atoms with van der Waals surface area (Å²) < 4.78 is 0. The van der Waals surface area contributed by atoms with Crippen molar-refractivity contribution < 1.29 is 0 Å². The summed E-state index contributed by atoms with van der Waals surface area (Å²) in [7, 11) is 0. The van der Waals surface area contributed by atoms with E-state index in [2.05, 4.69) is 20.8 Å². The predicted molar refractivity (Wildman–Crippen MR) is 80.2 cm³/mol. The summed E-state index contributed by atoms with van der Waals surface area (Å²) in [6.45, 7) is 8.54. The molecule has 0 rings (SSSR count). The summed E-state index contributed by atoms with van der Waals surface area (Å²) >= 11 is 0. The maximum Gasteiger partial charge on any atom is -0.0414 e. The largest absolute Gasteiger partial charge is 0.0654 e. The van der Waals surface area contributed by atoms with Gasteiger partial charge in [0.25, 0.3) is 0 Å². The lowest BCUT2D eigenvalue weighted by Crippen LogP contribution is -1.99. The van der Waals surface area contributed by atoms with E-state index in [1.165, 1.54) is 77.0 Å². The van der Waals surface area contributed by atoms with Crippen LogP contribution in [-0.4, -0.2) is 0 Å². The Labute approximate surface area is 111 Å². The average molecular weight is 239 g/mol. The SMILES string of the molecule is [CH2]CCCCCCCCCC(CCC)CCC. The average Bonchev–Trinajstić information content (AvgIpc) is 2.33. The Morgan fingerprint density at radius 2 is 1.12 bits per heavy atom. The molecule has 0 saturated carbocycles. The van der Waals surface area contributed by atoms with Crippen molar-refractivity contribution in [3.8, 4) is 0 Å². The monoisotopic (exact) mass is 239 g/mol. The molecule has 0 aliphatic heterocycles. The van der Waals surface area contributed by atoms with E-state index in [9.17, 15) is 0 Å². The highest BCUT2D eigenvalue weighted by atomic mass is 14.1. The Morgan fingerprint density at radius 3 is 1.59 bits per heavy atom. The van der Waals surface area contributed by atoms with Gasteiger partial charge in [-0.1, -0.05) is 104 Å². The van der Waals surface area contributed by atoms with Gasteiger partial charge in [0, 0.05) is 0 Å². The van der Waals surface area contributed by atoms with Gasteiger partial charge in [0.2, 0.25) is 0 Å². The lowest BCUT2D eigenvalue weighted by molar-refractivity contribution is 0.390. The smallest absolute Gasteiger partial charge is 0.0414 e. The van der Waals surface area contributed by atoms with E-state index in [0.717, 1.165) is 12.3 Å². The Balaban J connectivity index is 3.23. The zero-order chi connectivity index (χ0) is 12.8. The molecule has 0 heteroatoms. The second-order valence-corrected chi connectivity index (χ2v) is 5.56. The molecule has 0 saturated heterocycles. The normalized spacial score (nSPS) is 11.3. The highest BCUT2D eigenvalue weighted by Crippen LogP contribution is 2.21. The van der Waals surface area contributed by atoms with Gasteiger partial charge in [0.05, 0.1) is 0 Å². The molecule has 0 N–H and O–H groups in total. The molecule has 0 bridgehead atoms. The van der Waals surface area contributed by atoms with Crippen LogP contribution in [0, 0.1) is 12.8 Å². The highest BCUT2D eigenvalue weighted by molar-refractivity contribution is 4.59. The molecule has 1 radical (unpaired) electrons. The summed E-state index contributed by atoms with van der Waals surface area (Å²) in [5, 5.41) is 0. The van der Waals surface area contributed by atoms with Gasteiger partial charge in [-0.2, -0.15) is 0 Å². The fraction of sp³-hybridized carbons (Fsp3) is 0.941. The summed E-state index contributed by atoms with van der Waals surface area (Å²) in [5.41, 5.74) is 0. The first-order valence-electron chi connectivity index (χ1n) is 8.14. The molecule has 0 aromatic heterocycles. The minimum Gasteiger partial charge on any atom is -0.0654 e. The lowest BCUT2D eigenvalue weighted by atomic mass is 9.92. The molecule has 0 spiro atoms. The van der Waals surface area contributed by atoms with E-state index >= 15 is 0 Å². The number of rotatable bonds is 13. The molecule has 0 atom stereocenters. The third kappa shape index (κ3) is 12.2. The molecule has 0 aliphatic carbocycles. The van der Waals surface area contributed by atoms with E-state index in [-0.39, 0.29) is 0 Å². The zero-order valence-electron chi connectivity index (χ0n) is 12.5. The van der Waals surface area contributed by atoms with Crippen molar-refractivity contribution in [2.45, 2.75) is 97.3 Å². The van der Waals surface area contributed by atoms with Gasteiger partial charge in [0.15, 0.2) is 0 Å². The quantitative estimate of drug-likeness (QED) is 0.320. The minimum absolute atomic E-state index is 1.02. The van der Waals surface area contributed by atoms with Gasteiger partial charge in [-0.3, -0.25) is 0 Å². The molecule has 103 valence electrons. The first-order chi connectivity index (χ1) is 8.35. The van der Waals surface area contributed by atoms with Gasteiger partial charge in [0.1, 0.15) is 0 Å². The van der Waals surface area contributed by atoms with Gasteiger partial charge >= 0.3 is 0 Å². The first-order valence-corrected chi connectivity index (χ1v) is 8.14. The maximum atomic E-state index is 3.89. The van der Waals surface area contributed by atoms with Crippen molar-refractivity contribution >= 4 is 0 Å². The zero-order valence-corrected chi connectivity index (χ0v) is 12.5. The van der Waals surface area contributed by atoms with E-state index in [1.54, 1.807) is 0 Å². The van der Waals surface area contributed by atoms with Crippen LogP contribution >= 0.6 is 0 Å². The highest BCUT2D eigenvalue weighted by Gasteiger charge is 2.05. The minimum atomic E-state index is 1.02. The van der Waals surface area contributed by atoms with Crippen LogP contribution < -0.4 is 0 Å². The third-order valence-electron chi connectivity index (χ3n) is 3.76. The molecule has 0 aliphatic rings. The van der Waals surface area contributed by atoms with Crippen molar-refractivity contribution in [3.63, 3.8) is 0 Å².